The highest BCUT2D eigenvalue weighted by Crippen LogP contribution is 2.32. The molecule has 0 bridgehead atoms. The molecule has 11 heteroatoms. The molecule has 1 aromatic carbocycles. The lowest BCUT2D eigenvalue weighted by Crippen LogP contribution is -2.29. The van der Waals surface area contributed by atoms with Crippen LogP contribution in [0.4, 0.5) is 30.8 Å². The molecule has 0 radical (unpaired) electrons. The molecule has 8 nitrogen and oxygen atoms in total. The van der Waals surface area contributed by atoms with Gasteiger partial charge in [0.05, 0.1) is 26.3 Å². The number of imidazole rings is 1. The van der Waals surface area contributed by atoms with E-state index in [0.717, 1.165) is 0 Å². The summed E-state index contributed by atoms with van der Waals surface area (Å²) >= 11 is 0. The molecule has 2 aliphatic rings. The van der Waals surface area contributed by atoms with E-state index in [9.17, 15) is 18.3 Å². The average Bonchev–Trinajstić information content (AvgIpc) is 3.44. The van der Waals surface area contributed by atoms with Crippen molar-refractivity contribution >= 4 is 28.7 Å². The van der Waals surface area contributed by atoms with Crippen molar-refractivity contribution in [2.45, 2.75) is 50.1 Å². The largest absolute Gasteiger partial charge is 0.393 e. The Morgan fingerprint density at radius 1 is 1.19 bits per heavy atom. The fourth-order valence-corrected chi connectivity index (χ4v) is 3.61. The Hall–Kier alpha value is -2.92. The molecule has 1 aliphatic carbocycles. The SMILES string of the molecule is [2H]C1C([2H])(O)CC([2H])([2H])C(Nc2ncc3nc(Nc4c(F)cc(F)cc4F)n(C4CCOC4)c3n2)C1([2H])[2H]. The maximum atomic E-state index is 14.4. The quantitative estimate of drug-likeness (QED) is 0.541. The third kappa shape index (κ3) is 4.09. The molecule has 2 aromatic heterocycles. The maximum absolute atomic E-state index is 14.4. The first-order valence-electron chi connectivity index (χ1n) is 12.9. The standard InChI is InChI=1S/C21H23F3N6O2/c22-11-7-15(23)18(16(24)8-11)28-21-27-17-9-25-20(26-12-1-3-14(31)4-2-12)29-19(17)30(21)13-5-6-32-10-13/h7-9,12-14,31H,1-6,10H2,(H,27,28)(H,25,26,29)/i1D2,2D2,3D,14D. The number of nitrogens with zero attached hydrogens (tertiary/aromatic N) is 4. The Morgan fingerprint density at radius 3 is 2.75 bits per heavy atom. The average molecular weight is 454 g/mol. The van der Waals surface area contributed by atoms with Gasteiger partial charge < -0.3 is 20.5 Å². The molecule has 170 valence electrons. The number of rotatable bonds is 5. The molecular formula is C21H23F3N6O2. The van der Waals surface area contributed by atoms with Crippen LogP contribution in [0.25, 0.3) is 11.2 Å². The van der Waals surface area contributed by atoms with Crippen LogP contribution in [0.1, 0.15) is 46.3 Å². The fourth-order valence-electron chi connectivity index (χ4n) is 3.61. The van der Waals surface area contributed by atoms with Gasteiger partial charge in [-0.2, -0.15) is 4.98 Å². The summed E-state index contributed by atoms with van der Waals surface area (Å²) in [6.07, 6.45) is -8.88. The van der Waals surface area contributed by atoms with Crippen molar-refractivity contribution in [1.29, 1.82) is 0 Å². The van der Waals surface area contributed by atoms with Crippen molar-refractivity contribution < 1.29 is 31.2 Å². The van der Waals surface area contributed by atoms with Crippen LogP contribution in [0.5, 0.6) is 0 Å². The first-order chi connectivity index (χ1) is 17.7. The molecule has 5 rings (SSSR count). The molecule has 4 unspecified atom stereocenters. The third-order valence-corrected chi connectivity index (χ3v) is 5.12. The molecule has 0 spiro atoms. The van der Waals surface area contributed by atoms with E-state index in [4.69, 9.17) is 13.0 Å². The van der Waals surface area contributed by atoms with E-state index in [1.54, 1.807) is 0 Å². The molecule has 3 heterocycles. The lowest BCUT2D eigenvalue weighted by molar-refractivity contribution is 0.126. The number of benzene rings is 1. The highest BCUT2D eigenvalue weighted by Gasteiger charge is 2.27. The zero-order valence-electron chi connectivity index (χ0n) is 22.6. The molecule has 1 saturated carbocycles. The summed E-state index contributed by atoms with van der Waals surface area (Å²) in [5.74, 6) is -3.73. The van der Waals surface area contributed by atoms with Crippen molar-refractivity contribution in [1.82, 2.24) is 19.5 Å². The van der Waals surface area contributed by atoms with Crippen LogP contribution in [-0.4, -0.2) is 50.0 Å². The molecule has 2 fully saturated rings. The van der Waals surface area contributed by atoms with Crippen LogP contribution >= 0.6 is 0 Å². The minimum Gasteiger partial charge on any atom is -0.393 e. The van der Waals surface area contributed by atoms with Crippen molar-refractivity contribution in [3.05, 3.63) is 35.8 Å². The van der Waals surface area contributed by atoms with Gasteiger partial charge in [-0.15, -0.1) is 0 Å². The van der Waals surface area contributed by atoms with Crippen LogP contribution in [0.3, 0.4) is 0 Å². The zero-order valence-corrected chi connectivity index (χ0v) is 16.6. The normalized spacial score (nSPS) is 34.1. The van der Waals surface area contributed by atoms with Crippen LogP contribution in [0.15, 0.2) is 18.3 Å². The van der Waals surface area contributed by atoms with Gasteiger partial charge in [0.2, 0.25) is 11.9 Å². The minimum absolute atomic E-state index is 0.0415. The summed E-state index contributed by atoms with van der Waals surface area (Å²) in [4.78, 5) is 12.7. The lowest BCUT2D eigenvalue weighted by Gasteiger charge is -2.26. The van der Waals surface area contributed by atoms with Crippen LogP contribution in [0.2, 0.25) is 0 Å². The topological polar surface area (TPSA) is 97.1 Å². The van der Waals surface area contributed by atoms with Gasteiger partial charge >= 0.3 is 0 Å². The maximum Gasteiger partial charge on any atom is 0.224 e. The number of ether oxygens (including phenoxy) is 1. The molecule has 0 amide bonds. The predicted molar refractivity (Wildman–Crippen MR) is 111 cm³/mol. The summed E-state index contributed by atoms with van der Waals surface area (Å²) in [7, 11) is 0. The van der Waals surface area contributed by atoms with Gasteiger partial charge in [-0.25, -0.2) is 23.1 Å². The number of halogens is 3. The number of fused-ring (bicyclic) bond motifs is 1. The van der Waals surface area contributed by atoms with Gasteiger partial charge in [0, 0.05) is 31.6 Å². The van der Waals surface area contributed by atoms with Gasteiger partial charge in [0.1, 0.15) is 17.0 Å². The monoisotopic (exact) mass is 454 g/mol. The first kappa shape index (κ1) is 15.0. The summed E-state index contributed by atoms with van der Waals surface area (Å²) in [5, 5.41) is 15.2. The Bertz CT molecular complexity index is 1360. The first-order valence-corrected chi connectivity index (χ1v) is 9.86. The van der Waals surface area contributed by atoms with Crippen LogP contribution < -0.4 is 10.6 Å². The molecular weight excluding hydrogens is 425 g/mol. The minimum atomic E-state index is -2.69. The molecule has 32 heavy (non-hydrogen) atoms. The highest BCUT2D eigenvalue weighted by atomic mass is 19.1. The number of hydrogen-bond acceptors (Lipinski definition) is 7. The predicted octanol–water partition coefficient (Wildman–Crippen LogP) is 3.66. The summed E-state index contributed by atoms with van der Waals surface area (Å²) in [5.41, 5.74) is -0.303. The van der Waals surface area contributed by atoms with Crippen molar-refractivity contribution in [2.24, 2.45) is 0 Å². The van der Waals surface area contributed by atoms with Gasteiger partial charge in [-0.05, 0) is 32.0 Å². The van der Waals surface area contributed by atoms with E-state index in [1.807, 2.05) is 0 Å². The van der Waals surface area contributed by atoms with Crippen LogP contribution in [-0.2, 0) is 4.74 Å². The molecule has 3 aromatic rings. The van der Waals surface area contributed by atoms with Crippen molar-refractivity contribution in [3.63, 3.8) is 0 Å². The van der Waals surface area contributed by atoms with E-state index in [-0.39, 0.29) is 35.7 Å². The summed E-state index contributed by atoms with van der Waals surface area (Å²) < 4.78 is 97.9. The molecule has 1 saturated heterocycles. The second-order valence-corrected chi connectivity index (χ2v) is 7.36. The number of hydrogen-bond donors (Lipinski definition) is 3. The Balaban J connectivity index is 1.55. The van der Waals surface area contributed by atoms with Crippen molar-refractivity contribution in [2.75, 3.05) is 23.8 Å². The van der Waals surface area contributed by atoms with E-state index in [2.05, 4.69) is 25.6 Å². The summed E-state index contributed by atoms with van der Waals surface area (Å²) in [6, 6.07) is -1.04. The molecule has 4 atom stereocenters. The smallest absolute Gasteiger partial charge is 0.224 e. The van der Waals surface area contributed by atoms with Gasteiger partial charge in [-0.1, -0.05) is 0 Å². The number of aliphatic hydroxyl groups is 1. The number of nitrogens with one attached hydrogen (secondary N) is 2. The van der Waals surface area contributed by atoms with Crippen LogP contribution in [0, 0.1) is 17.5 Å². The van der Waals surface area contributed by atoms with E-state index < -0.39 is 60.8 Å². The fraction of sp³-hybridized carbons (Fsp3) is 0.476. The Labute approximate surface area is 190 Å². The summed E-state index contributed by atoms with van der Waals surface area (Å²) in [6.45, 7) is 0.611. The Kier molecular flexibility index (Phi) is 4.01. The lowest BCUT2D eigenvalue weighted by atomic mass is 9.93. The highest BCUT2D eigenvalue weighted by molar-refractivity contribution is 5.76. The van der Waals surface area contributed by atoms with Gasteiger partial charge in [-0.3, -0.25) is 4.57 Å². The second-order valence-electron chi connectivity index (χ2n) is 7.36. The molecule has 1 aliphatic heterocycles. The third-order valence-electron chi connectivity index (χ3n) is 5.12. The Morgan fingerprint density at radius 2 is 2.00 bits per heavy atom. The van der Waals surface area contributed by atoms with E-state index in [0.29, 0.717) is 25.2 Å². The van der Waals surface area contributed by atoms with Gasteiger partial charge in [0.15, 0.2) is 17.3 Å². The van der Waals surface area contributed by atoms with Gasteiger partial charge in [0.25, 0.3) is 0 Å². The second kappa shape index (κ2) is 8.55. The van der Waals surface area contributed by atoms with E-state index in [1.165, 1.54) is 10.8 Å². The zero-order chi connectivity index (χ0) is 27.6. The number of aromatic nitrogens is 4. The molecule has 3 N–H and O–H groups in total. The van der Waals surface area contributed by atoms with E-state index >= 15 is 0 Å². The number of anilines is 3. The van der Waals surface area contributed by atoms with Crippen molar-refractivity contribution in [3.8, 4) is 0 Å².